The van der Waals surface area contributed by atoms with E-state index in [1.54, 1.807) is 12.1 Å². The zero-order valence-electron chi connectivity index (χ0n) is 7.98. The van der Waals surface area contributed by atoms with Crippen molar-refractivity contribution in [2.24, 2.45) is 5.73 Å². The predicted octanol–water partition coefficient (Wildman–Crippen LogP) is 1.13. The van der Waals surface area contributed by atoms with E-state index < -0.39 is 5.91 Å². The molecule has 2 rings (SSSR count). The van der Waals surface area contributed by atoms with Crippen LogP contribution in [-0.2, 0) is 0 Å². The number of hydrogen-bond acceptors (Lipinski definition) is 4. The molecule has 0 fully saturated rings. The van der Waals surface area contributed by atoms with E-state index in [0.29, 0.717) is 11.1 Å². The normalized spacial score (nSPS) is 10.5. The van der Waals surface area contributed by atoms with Gasteiger partial charge in [-0.05, 0) is 12.1 Å². The number of primary amides is 1. The van der Waals surface area contributed by atoms with Gasteiger partial charge >= 0.3 is 0 Å². The van der Waals surface area contributed by atoms with Gasteiger partial charge in [-0.1, -0.05) is 6.07 Å². The lowest BCUT2D eigenvalue weighted by molar-refractivity contribution is 0.0979. The van der Waals surface area contributed by atoms with Crippen molar-refractivity contribution in [1.82, 2.24) is 4.98 Å². The predicted molar refractivity (Wildman–Crippen MR) is 52.5 cm³/mol. The fourth-order valence-corrected chi connectivity index (χ4v) is 1.30. The summed E-state index contributed by atoms with van der Waals surface area (Å²) in [5, 5.41) is 0. The molecule has 1 amide bonds. The molecule has 1 heterocycles. The summed E-state index contributed by atoms with van der Waals surface area (Å²) >= 11 is 0. The number of aromatic nitrogens is 1. The second-order valence-electron chi connectivity index (χ2n) is 3.09. The first-order valence-corrected chi connectivity index (χ1v) is 4.30. The number of carbonyl (C=O) groups excluding carboxylic acids is 2. The van der Waals surface area contributed by atoms with Gasteiger partial charge in [-0.3, -0.25) is 9.59 Å². The van der Waals surface area contributed by atoms with Crippen LogP contribution >= 0.6 is 0 Å². The smallest absolute Gasteiger partial charge is 0.263 e. The number of ketones is 1. The minimum atomic E-state index is -0.594. The summed E-state index contributed by atoms with van der Waals surface area (Å²) in [7, 11) is 0. The summed E-state index contributed by atoms with van der Waals surface area (Å²) in [5.41, 5.74) is 6.13. The van der Waals surface area contributed by atoms with Crippen molar-refractivity contribution in [1.29, 1.82) is 0 Å². The first-order valence-electron chi connectivity index (χ1n) is 4.30. The van der Waals surface area contributed by atoms with Gasteiger partial charge in [0.2, 0.25) is 5.78 Å². The second-order valence-corrected chi connectivity index (χ2v) is 3.09. The summed E-state index contributed by atoms with van der Waals surface area (Å²) in [6.45, 7) is 1.34. The van der Waals surface area contributed by atoms with E-state index in [-0.39, 0.29) is 17.2 Å². The van der Waals surface area contributed by atoms with E-state index in [9.17, 15) is 9.59 Å². The van der Waals surface area contributed by atoms with Crippen LogP contribution in [0.3, 0.4) is 0 Å². The van der Waals surface area contributed by atoms with Crippen LogP contribution in [0.2, 0.25) is 0 Å². The number of hydrogen-bond donors (Lipinski definition) is 1. The molecule has 2 N–H and O–H groups in total. The average molecular weight is 204 g/mol. The highest BCUT2D eigenvalue weighted by atomic mass is 16.4. The lowest BCUT2D eigenvalue weighted by Gasteiger charge is -1.93. The molecule has 0 unspecified atom stereocenters. The van der Waals surface area contributed by atoms with E-state index in [1.807, 2.05) is 0 Å². The lowest BCUT2D eigenvalue weighted by atomic mass is 10.2. The van der Waals surface area contributed by atoms with Crippen molar-refractivity contribution in [3.8, 4) is 0 Å². The minimum absolute atomic E-state index is 0.0151. The molecular formula is C10H8N2O3. The summed E-state index contributed by atoms with van der Waals surface area (Å²) < 4.78 is 5.15. The highest BCUT2D eigenvalue weighted by Gasteiger charge is 2.14. The van der Waals surface area contributed by atoms with Crippen LogP contribution in [0.15, 0.2) is 22.6 Å². The summed E-state index contributed by atoms with van der Waals surface area (Å²) in [6.07, 6.45) is 0. The van der Waals surface area contributed by atoms with Gasteiger partial charge in [0.25, 0.3) is 11.8 Å². The van der Waals surface area contributed by atoms with Crippen molar-refractivity contribution in [2.45, 2.75) is 6.92 Å². The first kappa shape index (κ1) is 9.39. The Morgan fingerprint density at radius 3 is 2.73 bits per heavy atom. The van der Waals surface area contributed by atoms with Crippen LogP contribution in [0, 0.1) is 0 Å². The maximum atomic E-state index is 11.0. The molecule has 0 bridgehead atoms. The fourth-order valence-electron chi connectivity index (χ4n) is 1.30. The minimum Gasteiger partial charge on any atom is -0.434 e. The van der Waals surface area contributed by atoms with E-state index in [4.69, 9.17) is 10.2 Å². The number of oxazole rings is 1. The molecule has 0 saturated heterocycles. The number of nitrogens with zero attached hydrogens (tertiary/aromatic N) is 1. The zero-order chi connectivity index (χ0) is 11.0. The highest BCUT2D eigenvalue weighted by molar-refractivity contribution is 6.04. The number of rotatable bonds is 2. The highest BCUT2D eigenvalue weighted by Crippen LogP contribution is 2.19. The van der Waals surface area contributed by atoms with Gasteiger partial charge in [-0.2, -0.15) is 0 Å². The largest absolute Gasteiger partial charge is 0.434 e. The Hall–Kier alpha value is -2.17. The second kappa shape index (κ2) is 3.20. The third kappa shape index (κ3) is 1.48. The quantitative estimate of drug-likeness (QED) is 0.743. The Morgan fingerprint density at radius 1 is 1.40 bits per heavy atom. The van der Waals surface area contributed by atoms with E-state index >= 15 is 0 Å². The van der Waals surface area contributed by atoms with Crippen molar-refractivity contribution in [2.75, 3.05) is 0 Å². The number of nitrogens with two attached hydrogens (primary N) is 1. The fraction of sp³-hybridized carbons (Fsp3) is 0.100. The van der Waals surface area contributed by atoms with E-state index in [2.05, 4.69) is 4.98 Å². The van der Waals surface area contributed by atoms with Gasteiger partial charge in [0.05, 0.1) is 5.56 Å². The summed E-state index contributed by atoms with van der Waals surface area (Å²) in [5.74, 6) is -0.899. The Bertz CT molecular complexity index is 557. The molecule has 1 aromatic heterocycles. The molecule has 1 aromatic carbocycles. The Morgan fingerprint density at radius 2 is 2.13 bits per heavy atom. The van der Waals surface area contributed by atoms with Gasteiger partial charge in [-0.25, -0.2) is 4.98 Å². The third-order valence-electron chi connectivity index (χ3n) is 1.99. The molecule has 0 aliphatic heterocycles. The topological polar surface area (TPSA) is 86.2 Å². The van der Waals surface area contributed by atoms with Crippen LogP contribution in [-0.4, -0.2) is 16.7 Å². The van der Waals surface area contributed by atoms with Crippen LogP contribution < -0.4 is 5.73 Å². The Kier molecular flexibility index (Phi) is 2.00. The molecule has 5 heteroatoms. The zero-order valence-corrected chi connectivity index (χ0v) is 7.98. The van der Waals surface area contributed by atoms with Crippen molar-refractivity contribution < 1.29 is 14.0 Å². The molecular weight excluding hydrogens is 196 g/mol. The maximum Gasteiger partial charge on any atom is 0.263 e. The van der Waals surface area contributed by atoms with Crippen LogP contribution in [0.25, 0.3) is 11.1 Å². The summed E-state index contributed by atoms with van der Waals surface area (Å²) in [6, 6.07) is 4.79. The van der Waals surface area contributed by atoms with Crippen LogP contribution in [0.1, 0.15) is 28.0 Å². The van der Waals surface area contributed by atoms with Gasteiger partial charge < -0.3 is 10.2 Å². The van der Waals surface area contributed by atoms with Crippen molar-refractivity contribution >= 4 is 22.8 Å². The number of amides is 1. The Balaban J connectivity index is 2.75. The number of benzene rings is 1. The monoisotopic (exact) mass is 204 g/mol. The standard InChI is InChI=1S/C10H8N2O3/c1-5(13)10-12-8-6(9(11)14)3-2-4-7(8)15-10/h2-4H,1H3,(H2,11,14). The number of Topliss-reactive ketones (excluding diaryl/α,β-unsaturated/α-hetero) is 1. The SMILES string of the molecule is CC(=O)c1nc2c(C(N)=O)cccc2o1. The van der Waals surface area contributed by atoms with Gasteiger partial charge in [-0.15, -0.1) is 0 Å². The molecule has 76 valence electrons. The first-order chi connectivity index (χ1) is 7.09. The molecule has 0 atom stereocenters. The maximum absolute atomic E-state index is 11.0. The molecule has 15 heavy (non-hydrogen) atoms. The molecule has 0 spiro atoms. The van der Waals surface area contributed by atoms with Gasteiger partial charge in [0.15, 0.2) is 5.58 Å². The third-order valence-corrected chi connectivity index (χ3v) is 1.99. The average Bonchev–Trinajstić information content (AvgIpc) is 2.60. The number of para-hydroxylation sites is 1. The lowest BCUT2D eigenvalue weighted by Crippen LogP contribution is -2.11. The number of carbonyl (C=O) groups is 2. The number of fused-ring (bicyclic) bond motifs is 1. The Labute approximate surface area is 84.9 Å². The molecule has 0 saturated carbocycles. The van der Waals surface area contributed by atoms with Crippen molar-refractivity contribution in [3.63, 3.8) is 0 Å². The van der Waals surface area contributed by atoms with E-state index in [0.717, 1.165) is 0 Å². The van der Waals surface area contributed by atoms with Crippen LogP contribution in [0.4, 0.5) is 0 Å². The molecule has 2 aromatic rings. The van der Waals surface area contributed by atoms with Crippen LogP contribution in [0.5, 0.6) is 0 Å². The van der Waals surface area contributed by atoms with E-state index in [1.165, 1.54) is 13.0 Å². The summed E-state index contributed by atoms with van der Waals surface area (Å²) in [4.78, 5) is 26.0. The molecule has 0 aliphatic carbocycles. The van der Waals surface area contributed by atoms with Gasteiger partial charge in [0, 0.05) is 6.92 Å². The van der Waals surface area contributed by atoms with Gasteiger partial charge in [0.1, 0.15) is 5.52 Å². The molecule has 0 radical (unpaired) electrons. The molecule has 5 nitrogen and oxygen atoms in total. The van der Waals surface area contributed by atoms with Crippen molar-refractivity contribution in [3.05, 3.63) is 29.7 Å². The molecule has 0 aliphatic rings.